The second-order valence-corrected chi connectivity index (χ2v) is 4.22. The summed E-state index contributed by atoms with van der Waals surface area (Å²) in [7, 11) is 0. The number of benzene rings is 2. The van der Waals surface area contributed by atoms with E-state index in [1.54, 1.807) is 18.2 Å². The van der Waals surface area contributed by atoms with Gasteiger partial charge >= 0.3 is 11.9 Å². The smallest absolute Gasteiger partial charge is 0.346 e. The summed E-state index contributed by atoms with van der Waals surface area (Å²) >= 11 is 0. The zero-order chi connectivity index (χ0) is 14.4. The van der Waals surface area contributed by atoms with E-state index < -0.39 is 11.9 Å². The van der Waals surface area contributed by atoms with Crippen LogP contribution in [0.25, 0.3) is 11.6 Å². The first-order valence-electron chi connectivity index (χ1n) is 6.22. The standard InChI is InChI=1S/C17H14O3/c1-13(18)20-17(19)16(15-10-6-3-7-11-15)12-14-8-4-2-5-9-14/h2-12H,1H3. The van der Waals surface area contributed by atoms with Gasteiger partial charge in [-0.2, -0.15) is 0 Å². The third kappa shape index (κ3) is 3.65. The first-order chi connectivity index (χ1) is 9.66. The molecule has 0 bridgehead atoms. The third-order valence-corrected chi connectivity index (χ3v) is 2.65. The second-order valence-electron chi connectivity index (χ2n) is 4.22. The highest BCUT2D eigenvalue weighted by Gasteiger charge is 2.15. The Morgan fingerprint density at radius 2 is 1.45 bits per heavy atom. The van der Waals surface area contributed by atoms with E-state index in [0.717, 1.165) is 5.56 Å². The molecule has 3 nitrogen and oxygen atoms in total. The van der Waals surface area contributed by atoms with Gasteiger partial charge in [0.25, 0.3) is 0 Å². The van der Waals surface area contributed by atoms with Crippen LogP contribution in [0.4, 0.5) is 0 Å². The lowest BCUT2D eigenvalue weighted by Crippen LogP contribution is -2.10. The van der Waals surface area contributed by atoms with Crippen LogP contribution in [0, 0.1) is 0 Å². The molecule has 3 heteroatoms. The van der Waals surface area contributed by atoms with Gasteiger partial charge in [-0.05, 0) is 17.2 Å². The lowest BCUT2D eigenvalue weighted by molar-refractivity contribution is -0.153. The fourth-order valence-corrected chi connectivity index (χ4v) is 1.78. The maximum atomic E-state index is 12.0. The monoisotopic (exact) mass is 266 g/mol. The summed E-state index contributed by atoms with van der Waals surface area (Å²) < 4.78 is 4.69. The minimum Gasteiger partial charge on any atom is -0.390 e. The van der Waals surface area contributed by atoms with Crippen LogP contribution in [0.5, 0.6) is 0 Å². The Labute approximate surface area is 117 Å². The van der Waals surface area contributed by atoms with E-state index in [2.05, 4.69) is 0 Å². The molecule has 2 aromatic rings. The van der Waals surface area contributed by atoms with Gasteiger partial charge in [0.2, 0.25) is 0 Å². The van der Waals surface area contributed by atoms with Gasteiger partial charge in [0.15, 0.2) is 0 Å². The summed E-state index contributed by atoms with van der Waals surface area (Å²) in [5, 5.41) is 0. The molecule has 0 heterocycles. The second kappa shape index (κ2) is 6.48. The predicted molar refractivity (Wildman–Crippen MR) is 77.5 cm³/mol. The molecule has 0 amide bonds. The fourth-order valence-electron chi connectivity index (χ4n) is 1.78. The van der Waals surface area contributed by atoms with Crippen molar-refractivity contribution >= 4 is 23.6 Å². The molecule has 0 fully saturated rings. The van der Waals surface area contributed by atoms with E-state index in [4.69, 9.17) is 4.74 Å². The minimum absolute atomic E-state index is 0.354. The Morgan fingerprint density at radius 1 is 0.900 bits per heavy atom. The van der Waals surface area contributed by atoms with Crippen LogP contribution in [0.2, 0.25) is 0 Å². The molecule has 0 N–H and O–H groups in total. The van der Waals surface area contributed by atoms with Crippen LogP contribution in [0.3, 0.4) is 0 Å². The molecule has 20 heavy (non-hydrogen) atoms. The Kier molecular flexibility index (Phi) is 4.45. The molecule has 2 aromatic carbocycles. The highest BCUT2D eigenvalue weighted by molar-refractivity contribution is 6.23. The molecular weight excluding hydrogens is 252 g/mol. The van der Waals surface area contributed by atoms with Crippen molar-refractivity contribution in [3.8, 4) is 0 Å². The van der Waals surface area contributed by atoms with E-state index in [1.807, 2.05) is 48.5 Å². The maximum absolute atomic E-state index is 12.0. The zero-order valence-electron chi connectivity index (χ0n) is 11.1. The van der Waals surface area contributed by atoms with E-state index in [0.29, 0.717) is 11.1 Å². The van der Waals surface area contributed by atoms with Crippen molar-refractivity contribution in [2.75, 3.05) is 0 Å². The number of hydrogen-bond donors (Lipinski definition) is 0. The molecule has 0 radical (unpaired) electrons. The Bertz CT molecular complexity index is 628. The van der Waals surface area contributed by atoms with Gasteiger partial charge in [-0.15, -0.1) is 0 Å². The van der Waals surface area contributed by atoms with Crippen LogP contribution >= 0.6 is 0 Å². The van der Waals surface area contributed by atoms with Crippen LogP contribution < -0.4 is 0 Å². The normalized spacial score (nSPS) is 10.9. The lowest BCUT2D eigenvalue weighted by atomic mass is 10.0. The van der Waals surface area contributed by atoms with Gasteiger partial charge in [-0.3, -0.25) is 4.79 Å². The molecule has 0 saturated carbocycles. The highest BCUT2D eigenvalue weighted by atomic mass is 16.6. The minimum atomic E-state index is -0.646. The number of carbonyl (C=O) groups excluding carboxylic acids is 2. The summed E-state index contributed by atoms with van der Waals surface area (Å²) in [5.41, 5.74) is 1.93. The molecule has 2 rings (SSSR count). The van der Waals surface area contributed by atoms with Gasteiger partial charge in [0.05, 0.1) is 5.57 Å². The molecule has 100 valence electrons. The SMILES string of the molecule is CC(=O)OC(=O)C(=Cc1ccccc1)c1ccccc1. The molecule has 0 unspecified atom stereocenters. The average molecular weight is 266 g/mol. The van der Waals surface area contributed by atoms with Crippen molar-refractivity contribution in [3.63, 3.8) is 0 Å². The van der Waals surface area contributed by atoms with E-state index >= 15 is 0 Å². The van der Waals surface area contributed by atoms with Crippen LogP contribution in [-0.2, 0) is 14.3 Å². The van der Waals surface area contributed by atoms with Gasteiger partial charge < -0.3 is 4.74 Å². The van der Waals surface area contributed by atoms with Gasteiger partial charge in [-0.25, -0.2) is 4.79 Å². The van der Waals surface area contributed by atoms with E-state index in [9.17, 15) is 9.59 Å². The summed E-state index contributed by atoms with van der Waals surface area (Å²) in [4.78, 5) is 23.0. The Hall–Kier alpha value is -2.68. The molecule has 0 aliphatic rings. The first kappa shape index (κ1) is 13.7. The van der Waals surface area contributed by atoms with Gasteiger partial charge in [0, 0.05) is 6.92 Å². The number of carbonyl (C=O) groups is 2. The van der Waals surface area contributed by atoms with E-state index in [1.165, 1.54) is 6.92 Å². The van der Waals surface area contributed by atoms with Crippen molar-refractivity contribution in [2.45, 2.75) is 6.92 Å². The Balaban J connectivity index is 2.42. The lowest BCUT2D eigenvalue weighted by Gasteiger charge is -2.06. The van der Waals surface area contributed by atoms with Crippen molar-refractivity contribution in [1.29, 1.82) is 0 Å². The van der Waals surface area contributed by atoms with E-state index in [-0.39, 0.29) is 0 Å². The molecule has 0 spiro atoms. The quantitative estimate of drug-likeness (QED) is 0.370. The number of hydrogen-bond acceptors (Lipinski definition) is 3. The van der Waals surface area contributed by atoms with Crippen LogP contribution in [-0.4, -0.2) is 11.9 Å². The molecule has 0 aliphatic carbocycles. The summed E-state index contributed by atoms with van der Waals surface area (Å²) in [6.45, 7) is 1.21. The highest BCUT2D eigenvalue weighted by Crippen LogP contribution is 2.19. The fraction of sp³-hybridized carbons (Fsp3) is 0.0588. The van der Waals surface area contributed by atoms with Crippen molar-refractivity contribution in [2.24, 2.45) is 0 Å². The predicted octanol–water partition coefficient (Wildman–Crippen LogP) is 3.32. The Morgan fingerprint density at radius 3 is 2.00 bits per heavy atom. The average Bonchev–Trinajstić information content (AvgIpc) is 2.46. The van der Waals surface area contributed by atoms with Crippen molar-refractivity contribution < 1.29 is 14.3 Å². The number of esters is 2. The summed E-state index contributed by atoms with van der Waals surface area (Å²) in [6, 6.07) is 18.5. The van der Waals surface area contributed by atoms with Crippen LogP contribution in [0.1, 0.15) is 18.1 Å². The molecule has 0 aromatic heterocycles. The molecule has 0 saturated heterocycles. The first-order valence-corrected chi connectivity index (χ1v) is 6.22. The molecule has 0 atom stereocenters. The zero-order valence-corrected chi connectivity index (χ0v) is 11.1. The maximum Gasteiger partial charge on any atom is 0.346 e. The topological polar surface area (TPSA) is 43.4 Å². The summed E-state index contributed by atoms with van der Waals surface area (Å²) in [5.74, 6) is -1.27. The van der Waals surface area contributed by atoms with Gasteiger partial charge in [0.1, 0.15) is 0 Å². The molecule has 0 aliphatic heterocycles. The van der Waals surface area contributed by atoms with Crippen LogP contribution in [0.15, 0.2) is 60.7 Å². The third-order valence-electron chi connectivity index (χ3n) is 2.65. The number of ether oxygens (including phenoxy) is 1. The number of rotatable bonds is 3. The van der Waals surface area contributed by atoms with Crippen molar-refractivity contribution in [1.82, 2.24) is 0 Å². The largest absolute Gasteiger partial charge is 0.390 e. The van der Waals surface area contributed by atoms with Crippen molar-refractivity contribution in [3.05, 3.63) is 71.8 Å². The van der Waals surface area contributed by atoms with Gasteiger partial charge in [-0.1, -0.05) is 60.7 Å². The molecular formula is C17H14O3. The summed E-state index contributed by atoms with van der Waals surface area (Å²) in [6.07, 6.45) is 1.71.